The second-order valence-corrected chi connectivity index (χ2v) is 4.25. The van der Waals surface area contributed by atoms with Gasteiger partial charge in [0.25, 0.3) is 0 Å². The molecule has 0 saturated heterocycles. The van der Waals surface area contributed by atoms with Crippen molar-refractivity contribution in [2.75, 3.05) is 11.1 Å². The second kappa shape index (κ2) is 5.01. The lowest BCUT2D eigenvalue weighted by atomic mass is 10.2. The Labute approximate surface area is 110 Å². The van der Waals surface area contributed by atoms with E-state index in [0.29, 0.717) is 11.5 Å². The van der Waals surface area contributed by atoms with Gasteiger partial charge in [0.1, 0.15) is 11.5 Å². The Morgan fingerprint density at radius 3 is 2.74 bits per heavy atom. The Hall–Kier alpha value is -2.50. The van der Waals surface area contributed by atoms with Crippen LogP contribution in [-0.2, 0) is 0 Å². The molecule has 1 unspecified atom stereocenters. The highest BCUT2D eigenvalue weighted by Gasteiger charge is 2.14. The van der Waals surface area contributed by atoms with Crippen LogP contribution >= 0.6 is 0 Å². The molecule has 0 fully saturated rings. The fourth-order valence-corrected chi connectivity index (χ4v) is 1.67. The molecule has 0 amide bonds. The first kappa shape index (κ1) is 12.9. The summed E-state index contributed by atoms with van der Waals surface area (Å²) in [5, 5.41) is 11.9. The third-order valence-corrected chi connectivity index (χ3v) is 2.69. The van der Waals surface area contributed by atoms with E-state index >= 15 is 0 Å². The highest BCUT2D eigenvalue weighted by molar-refractivity contribution is 5.86. The summed E-state index contributed by atoms with van der Waals surface area (Å²) in [4.78, 5) is 14.8. The topological polar surface area (TPSA) is 101 Å². The Bertz CT molecular complexity index is 607. The lowest BCUT2D eigenvalue weighted by Crippen LogP contribution is -2.11. The molecular weight excluding hydrogens is 246 g/mol. The summed E-state index contributed by atoms with van der Waals surface area (Å²) in [5.41, 5.74) is 6.11. The lowest BCUT2D eigenvalue weighted by molar-refractivity contribution is 0.0690. The molecule has 0 saturated carbocycles. The zero-order chi connectivity index (χ0) is 14.0. The van der Waals surface area contributed by atoms with Gasteiger partial charge in [-0.2, -0.15) is 0 Å². The Morgan fingerprint density at radius 1 is 1.42 bits per heavy atom. The number of aryl methyl sites for hydroxylation is 1. The summed E-state index contributed by atoms with van der Waals surface area (Å²) in [7, 11) is 0. The molecule has 0 bridgehead atoms. The first-order valence-electron chi connectivity index (χ1n) is 5.80. The van der Waals surface area contributed by atoms with Crippen LogP contribution < -0.4 is 11.1 Å². The van der Waals surface area contributed by atoms with Crippen molar-refractivity contribution in [1.82, 2.24) is 4.98 Å². The Kier molecular flexibility index (Phi) is 3.41. The number of pyridine rings is 1. The summed E-state index contributed by atoms with van der Waals surface area (Å²) >= 11 is 0. The number of carbonyl (C=O) groups is 1. The molecule has 0 aliphatic carbocycles. The van der Waals surface area contributed by atoms with Crippen LogP contribution in [-0.4, -0.2) is 16.1 Å². The number of nitrogens with two attached hydrogens (primary N) is 1. The van der Waals surface area contributed by atoms with Crippen LogP contribution in [0.1, 0.15) is 35.0 Å². The van der Waals surface area contributed by atoms with Gasteiger partial charge in [0.2, 0.25) is 0 Å². The average molecular weight is 261 g/mol. The van der Waals surface area contributed by atoms with Gasteiger partial charge in [-0.25, -0.2) is 9.78 Å². The number of nitrogens with zero attached hydrogens (tertiary/aromatic N) is 1. The van der Waals surface area contributed by atoms with Crippen LogP contribution in [0.3, 0.4) is 0 Å². The Morgan fingerprint density at radius 2 is 2.16 bits per heavy atom. The van der Waals surface area contributed by atoms with E-state index in [1.165, 1.54) is 12.1 Å². The van der Waals surface area contributed by atoms with Gasteiger partial charge < -0.3 is 20.6 Å². The summed E-state index contributed by atoms with van der Waals surface area (Å²) < 4.78 is 5.49. The molecule has 0 aliphatic heterocycles. The minimum absolute atomic E-state index is 0.0560. The number of hydrogen-bond donors (Lipinski definition) is 3. The molecular formula is C13H15N3O3. The van der Waals surface area contributed by atoms with Crippen molar-refractivity contribution in [3.05, 3.63) is 41.5 Å². The first-order chi connectivity index (χ1) is 8.97. The van der Waals surface area contributed by atoms with Crippen molar-refractivity contribution in [3.63, 3.8) is 0 Å². The van der Waals surface area contributed by atoms with E-state index in [2.05, 4.69) is 10.3 Å². The molecule has 6 heteroatoms. The molecule has 4 N–H and O–H groups in total. The van der Waals surface area contributed by atoms with Gasteiger partial charge in [-0.15, -0.1) is 0 Å². The van der Waals surface area contributed by atoms with Gasteiger partial charge >= 0.3 is 5.97 Å². The van der Waals surface area contributed by atoms with Gasteiger partial charge in [0.05, 0.1) is 11.7 Å². The number of rotatable bonds is 4. The van der Waals surface area contributed by atoms with Gasteiger partial charge in [-0.1, -0.05) is 0 Å². The minimum Gasteiger partial charge on any atom is -0.477 e. The Balaban J connectivity index is 2.22. The summed E-state index contributed by atoms with van der Waals surface area (Å²) in [6.07, 6.45) is 0. The van der Waals surface area contributed by atoms with Crippen LogP contribution in [0, 0.1) is 6.92 Å². The highest BCUT2D eigenvalue weighted by atomic mass is 16.4. The molecule has 2 aromatic heterocycles. The van der Waals surface area contributed by atoms with E-state index in [-0.39, 0.29) is 11.7 Å². The molecule has 2 heterocycles. The molecule has 19 heavy (non-hydrogen) atoms. The van der Waals surface area contributed by atoms with E-state index in [1.807, 2.05) is 26.0 Å². The number of aromatic nitrogens is 1. The maximum Gasteiger partial charge on any atom is 0.354 e. The van der Waals surface area contributed by atoms with Crippen LogP contribution in [0.2, 0.25) is 0 Å². The van der Waals surface area contributed by atoms with Crippen molar-refractivity contribution in [2.45, 2.75) is 19.9 Å². The largest absolute Gasteiger partial charge is 0.477 e. The summed E-state index contributed by atoms with van der Waals surface area (Å²) in [6.45, 7) is 3.74. The van der Waals surface area contributed by atoms with Gasteiger partial charge in [-0.3, -0.25) is 0 Å². The molecule has 100 valence electrons. The van der Waals surface area contributed by atoms with Gasteiger partial charge in [0.15, 0.2) is 11.5 Å². The first-order valence-corrected chi connectivity index (χ1v) is 5.80. The third-order valence-electron chi connectivity index (χ3n) is 2.69. The smallest absolute Gasteiger partial charge is 0.354 e. The molecule has 0 aliphatic rings. The van der Waals surface area contributed by atoms with E-state index in [0.717, 1.165) is 11.5 Å². The molecule has 0 spiro atoms. The van der Waals surface area contributed by atoms with Gasteiger partial charge in [-0.05, 0) is 38.1 Å². The molecule has 0 radical (unpaired) electrons. The fourth-order valence-electron chi connectivity index (χ4n) is 1.67. The molecule has 2 rings (SSSR count). The molecule has 6 nitrogen and oxygen atoms in total. The SMILES string of the molecule is Cc1ccc(C(C)Nc2nc(C(=O)O)ccc2N)o1. The van der Waals surface area contributed by atoms with E-state index in [9.17, 15) is 4.79 Å². The zero-order valence-corrected chi connectivity index (χ0v) is 10.7. The van der Waals surface area contributed by atoms with Crippen molar-refractivity contribution in [1.29, 1.82) is 0 Å². The van der Waals surface area contributed by atoms with Crippen molar-refractivity contribution < 1.29 is 14.3 Å². The third kappa shape index (κ3) is 2.85. The molecule has 2 aromatic rings. The number of nitrogen functional groups attached to an aromatic ring is 1. The van der Waals surface area contributed by atoms with Crippen LogP contribution in [0.5, 0.6) is 0 Å². The van der Waals surface area contributed by atoms with E-state index in [1.54, 1.807) is 0 Å². The number of hydrogen-bond acceptors (Lipinski definition) is 5. The number of nitrogens with one attached hydrogen (secondary N) is 1. The van der Waals surface area contributed by atoms with Crippen molar-refractivity contribution in [3.8, 4) is 0 Å². The van der Waals surface area contributed by atoms with Crippen molar-refractivity contribution in [2.24, 2.45) is 0 Å². The quantitative estimate of drug-likeness (QED) is 0.781. The summed E-state index contributed by atoms with van der Waals surface area (Å²) in [5.74, 6) is 0.786. The normalized spacial score (nSPS) is 12.1. The van der Waals surface area contributed by atoms with Crippen LogP contribution in [0.15, 0.2) is 28.7 Å². The number of furan rings is 1. The molecule has 1 atom stereocenters. The van der Waals surface area contributed by atoms with Crippen molar-refractivity contribution >= 4 is 17.5 Å². The number of anilines is 2. The maximum absolute atomic E-state index is 10.9. The number of aromatic carboxylic acids is 1. The van der Waals surface area contributed by atoms with E-state index in [4.69, 9.17) is 15.3 Å². The second-order valence-electron chi connectivity index (χ2n) is 4.25. The predicted octanol–water partition coefficient (Wildman–Crippen LogP) is 2.44. The van der Waals surface area contributed by atoms with Crippen LogP contribution in [0.25, 0.3) is 0 Å². The highest BCUT2D eigenvalue weighted by Crippen LogP contribution is 2.23. The number of carboxylic acids is 1. The molecule has 0 aromatic carbocycles. The zero-order valence-electron chi connectivity index (χ0n) is 10.7. The minimum atomic E-state index is -1.09. The van der Waals surface area contributed by atoms with E-state index < -0.39 is 5.97 Å². The monoisotopic (exact) mass is 261 g/mol. The van der Waals surface area contributed by atoms with Gasteiger partial charge in [0, 0.05) is 0 Å². The maximum atomic E-state index is 10.9. The standard InChI is InChI=1S/C13H15N3O3/c1-7-3-6-11(19-7)8(2)15-12-9(14)4-5-10(16-12)13(17)18/h3-6,8H,14H2,1-2H3,(H,15,16)(H,17,18). The summed E-state index contributed by atoms with van der Waals surface area (Å²) in [6, 6.07) is 6.43. The predicted molar refractivity (Wildman–Crippen MR) is 71.1 cm³/mol. The fraction of sp³-hybridized carbons (Fsp3) is 0.231. The lowest BCUT2D eigenvalue weighted by Gasteiger charge is -2.14. The average Bonchev–Trinajstić information content (AvgIpc) is 2.78. The van der Waals surface area contributed by atoms with Crippen LogP contribution in [0.4, 0.5) is 11.5 Å². The number of carboxylic acid groups (broad SMARTS) is 1.